The molecule has 0 aromatic rings. The number of nitrogens with zero attached hydrogens (tertiary/aromatic N) is 2. The van der Waals surface area contributed by atoms with Crippen LogP contribution in [0.25, 0.3) is 0 Å². The predicted octanol–water partition coefficient (Wildman–Crippen LogP) is 2.03. The fourth-order valence-corrected chi connectivity index (χ4v) is 7.13. The molecule has 0 radical (unpaired) electrons. The number of urea groups is 1. The lowest BCUT2D eigenvalue weighted by Gasteiger charge is -2.42. The number of alkyl halides is 1. The Hall–Kier alpha value is -1.45. The molecule has 3 aliphatic heterocycles. The summed E-state index contributed by atoms with van der Waals surface area (Å²) in [6.45, 7) is 6.90. The highest BCUT2D eigenvalue weighted by molar-refractivity contribution is 5.82. The standard InChI is InChI=1S/C26H44FN5O3/c1-17-5-6-22(27)21-16-23(30-24(17)21)25(33)28-19-3-2-4-20(15-19)31-9-11-32(12-10-31)26(34)29-18-7-13-35-14-8-18/h17-24,30H,2-16H2,1H3,(H,28,33)(H,29,34)/t17?,19-,20-,21?,22?,23?,24?/m1/s1. The van der Waals surface area contributed by atoms with E-state index in [0.29, 0.717) is 24.8 Å². The molecule has 2 aliphatic carbocycles. The summed E-state index contributed by atoms with van der Waals surface area (Å²) < 4.78 is 19.8. The van der Waals surface area contributed by atoms with Crippen LogP contribution in [0.1, 0.15) is 64.7 Å². The third-order valence-corrected chi connectivity index (χ3v) is 9.31. The van der Waals surface area contributed by atoms with Gasteiger partial charge in [0.05, 0.1) is 6.04 Å². The van der Waals surface area contributed by atoms with Crippen molar-refractivity contribution in [2.75, 3.05) is 39.4 Å². The summed E-state index contributed by atoms with van der Waals surface area (Å²) in [5.74, 6) is 0.467. The van der Waals surface area contributed by atoms with E-state index in [4.69, 9.17) is 4.74 Å². The highest BCUT2D eigenvalue weighted by Gasteiger charge is 2.46. The fraction of sp³-hybridized carbons (Fsp3) is 0.923. The summed E-state index contributed by atoms with van der Waals surface area (Å²) in [6.07, 6.45) is 7.39. The van der Waals surface area contributed by atoms with E-state index in [1.54, 1.807) is 0 Å². The molecule has 5 rings (SSSR count). The maximum Gasteiger partial charge on any atom is 0.317 e. The van der Waals surface area contributed by atoms with Crippen LogP contribution in [-0.2, 0) is 9.53 Å². The Labute approximate surface area is 209 Å². The van der Waals surface area contributed by atoms with Gasteiger partial charge in [-0.15, -0.1) is 0 Å². The van der Waals surface area contributed by atoms with E-state index in [1.807, 2.05) is 4.90 Å². The van der Waals surface area contributed by atoms with Crippen LogP contribution in [0, 0.1) is 11.8 Å². The molecule has 3 saturated heterocycles. The molecule has 0 aromatic carbocycles. The van der Waals surface area contributed by atoms with E-state index in [0.717, 1.165) is 84.3 Å². The van der Waals surface area contributed by atoms with Gasteiger partial charge < -0.3 is 25.6 Å². The van der Waals surface area contributed by atoms with Gasteiger partial charge in [-0.05, 0) is 63.7 Å². The second-order valence-corrected chi connectivity index (χ2v) is 11.6. The number of hydrogen-bond acceptors (Lipinski definition) is 5. The number of rotatable bonds is 4. The molecule has 7 atom stereocenters. The van der Waals surface area contributed by atoms with Gasteiger partial charge in [0.25, 0.3) is 0 Å². The lowest BCUT2D eigenvalue weighted by molar-refractivity contribution is -0.124. The molecule has 5 unspecified atom stereocenters. The molecule has 3 N–H and O–H groups in total. The van der Waals surface area contributed by atoms with E-state index in [1.165, 1.54) is 0 Å². The summed E-state index contributed by atoms with van der Waals surface area (Å²) in [5.41, 5.74) is 0. The number of ether oxygens (including phenoxy) is 1. The van der Waals surface area contributed by atoms with E-state index in [9.17, 15) is 14.0 Å². The normalized spacial score (nSPS) is 39.1. The van der Waals surface area contributed by atoms with Gasteiger partial charge in [0.15, 0.2) is 0 Å². The van der Waals surface area contributed by atoms with Crippen molar-refractivity contribution in [3.63, 3.8) is 0 Å². The molecule has 3 heterocycles. The molecule has 2 saturated carbocycles. The minimum Gasteiger partial charge on any atom is -0.381 e. The number of halogens is 1. The van der Waals surface area contributed by atoms with Crippen molar-refractivity contribution < 1.29 is 18.7 Å². The lowest BCUT2D eigenvalue weighted by atomic mass is 9.77. The average molecular weight is 494 g/mol. The zero-order chi connectivity index (χ0) is 24.4. The van der Waals surface area contributed by atoms with Crippen LogP contribution < -0.4 is 16.0 Å². The summed E-state index contributed by atoms with van der Waals surface area (Å²) in [6, 6.07) is 0.785. The van der Waals surface area contributed by atoms with Crippen molar-refractivity contribution in [2.45, 2.75) is 101 Å². The molecule has 35 heavy (non-hydrogen) atoms. The van der Waals surface area contributed by atoms with Crippen molar-refractivity contribution in [3.8, 4) is 0 Å². The molecule has 0 bridgehead atoms. The second-order valence-electron chi connectivity index (χ2n) is 11.6. The zero-order valence-electron chi connectivity index (χ0n) is 21.2. The first-order valence-electron chi connectivity index (χ1n) is 14.1. The maximum absolute atomic E-state index is 14.4. The van der Waals surface area contributed by atoms with Crippen LogP contribution >= 0.6 is 0 Å². The molecular weight excluding hydrogens is 449 g/mol. The molecule has 0 aromatic heterocycles. The first-order chi connectivity index (χ1) is 17.0. The Morgan fingerprint density at radius 3 is 2.43 bits per heavy atom. The zero-order valence-corrected chi connectivity index (χ0v) is 21.2. The number of carbonyl (C=O) groups excluding carboxylic acids is 2. The van der Waals surface area contributed by atoms with Crippen LogP contribution in [0.2, 0.25) is 0 Å². The largest absolute Gasteiger partial charge is 0.381 e. The Kier molecular flexibility index (Phi) is 8.14. The van der Waals surface area contributed by atoms with Crippen LogP contribution in [0.5, 0.6) is 0 Å². The second kappa shape index (κ2) is 11.3. The van der Waals surface area contributed by atoms with Gasteiger partial charge in [-0.3, -0.25) is 9.69 Å². The van der Waals surface area contributed by atoms with Gasteiger partial charge in [-0.2, -0.15) is 0 Å². The quantitative estimate of drug-likeness (QED) is 0.558. The molecular formula is C26H44FN5O3. The predicted molar refractivity (Wildman–Crippen MR) is 132 cm³/mol. The Balaban J connectivity index is 1.06. The summed E-state index contributed by atoms with van der Waals surface area (Å²) in [5, 5.41) is 9.95. The smallest absolute Gasteiger partial charge is 0.317 e. The van der Waals surface area contributed by atoms with Gasteiger partial charge >= 0.3 is 6.03 Å². The number of piperazine rings is 1. The van der Waals surface area contributed by atoms with Gasteiger partial charge in [-0.1, -0.05) is 6.92 Å². The maximum atomic E-state index is 14.4. The van der Waals surface area contributed by atoms with E-state index < -0.39 is 6.17 Å². The first-order valence-corrected chi connectivity index (χ1v) is 14.1. The number of hydrogen-bond donors (Lipinski definition) is 3. The monoisotopic (exact) mass is 493 g/mol. The molecule has 8 nitrogen and oxygen atoms in total. The van der Waals surface area contributed by atoms with Gasteiger partial charge in [0.2, 0.25) is 5.91 Å². The average Bonchev–Trinajstić information content (AvgIpc) is 3.35. The molecule has 198 valence electrons. The topological polar surface area (TPSA) is 85.9 Å². The van der Waals surface area contributed by atoms with Crippen molar-refractivity contribution in [3.05, 3.63) is 0 Å². The third-order valence-electron chi connectivity index (χ3n) is 9.31. The van der Waals surface area contributed by atoms with Crippen molar-refractivity contribution in [2.24, 2.45) is 11.8 Å². The fourth-order valence-electron chi connectivity index (χ4n) is 7.13. The number of amides is 3. The lowest BCUT2D eigenvalue weighted by Crippen LogP contribution is -2.57. The Morgan fingerprint density at radius 2 is 1.69 bits per heavy atom. The molecule has 0 spiro atoms. The van der Waals surface area contributed by atoms with Crippen molar-refractivity contribution in [1.29, 1.82) is 0 Å². The first kappa shape index (κ1) is 25.2. The molecule has 5 fully saturated rings. The minimum absolute atomic E-state index is 0.0199. The molecule has 3 amide bonds. The van der Waals surface area contributed by atoms with Crippen molar-refractivity contribution in [1.82, 2.24) is 25.8 Å². The minimum atomic E-state index is -0.780. The Morgan fingerprint density at radius 1 is 0.914 bits per heavy atom. The Bertz CT molecular complexity index is 724. The highest BCUT2D eigenvalue weighted by Crippen LogP contribution is 2.38. The molecule has 9 heteroatoms. The van der Waals surface area contributed by atoms with Crippen LogP contribution in [-0.4, -0.2) is 97.5 Å². The third kappa shape index (κ3) is 5.93. The van der Waals surface area contributed by atoms with Gasteiger partial charge in [0, 0.05) is 69.5 Å². The SMILES string of the molecule is CC1CCC(F)C2CC(C(=O)N[C@@H]3CCC[C@@H](N4CCN(C(=O)NC5CCOCC5)CC4)C3)NC12. The van der Waals surface area contributed by atoms with Gasteiger partial charge in [-0.25, -0.2) is 9.18 Å². The number of nitrogens with one attached hydrogen (secondary N) is 3. The van der Waals surface area contributed by atoms with E-state index >= 15 is 0 Å². The van der Waals surface area contributed by atoms with E-state index in [2.05, 4.69) is 27.8 Å². The van der Waals surface area contributed by atoms with Crippen LogP contribution in [0.4, 0.5) is 9.18 Å². The van der Waals surface area contributed by atoms with Gasteiger partial charge in [0.1, 0.15) is 6.17 Å². The summed E-state index contributed by atoms with van der Waals surface area (Å²) >= 11 is 0. The highest BCUT2D eigenvalue weighted by atomic mass is 19.1. The number of fused-ring (bicyclic) bond motifs is 1. The van der Waals surface area contributed by atoms with Crippen LogP contribution in [0.15, 0.2) is 0 Å². The van der Waals surface area contributed by atoms with Crippen LogP contribution in [0.3, 0.4) is 0 Å². The summed E-state index contributed by atoms with van der Waals surface area (Å²) in [4.78, 5) is 30.2. The summed E-state index contributed by atoms with van der Waals surface area (Å²) in [7, 11) is 0. The number of carbonyl (C=O) groups is 2. The van der Waals surface area contributed by atoms with Crippen molar-refractivity contribution >= 4 is 11.9 Å². The molecule has 5 aliphatic rings. The van der Waals surface area contributed by atoms with E-state index in [-0.39, 0.29) is 42.0 Å².